The first kappa shape index (κ1) is 17.4. The van der Waals surface area contributed by atoms with Gasteiger partial charge in [-0.1, -0.05) is 38.8 Å². The number of carbonyl (C=O) groups is 1. The van der Waals surface area contributed by atoms with E-state index in [-0.39, 0.29) is 5.91 Å². The minimum Gasteiger partial charge on any atom is -0.399 e. The Labute approximate surface area is 116 Å². The molecule has 4 heteroatoms. The Morgan fingerprint density at radius 3 is 2.26 bits per heavy atom. The van der Waals surface area contributed by atoms with Crippen molar-refractivity contribution in [2.24, 2.45) is 0 Å². The second kappa shape index (κ2) is 11.5. The number of unbranched alkanes of at least 4 members (excludes halogenated alkanes) is 3. The number of nitrogen functional groups attached to an aromatic ring is 1. The van der Waals surface area contributed by atoms with E-state index in [9.17, 15) is 4.79 Å². The van der Waals surface area contributed by atoms with Crippen LogP contribution in [0, 0.1) is 0 Å². The van der Waals surface area contributed by atoms with E-state index in [2.05, 4.69) is 12.1 Å². The molecule has 0 aliphatic rings. The van der Waals surface area contributed by atoms with Gasteiger partial charge in [0.1, 0.15) is 0 Å². The van der Waals surface area contributed by atoms with Crippen LogP contribution in [-0.2, 0) is 11.2 Å². The highest BCUT2D eigenvalue weighted by Crippen LogP contribution is 2.11. The molecule has 108 valence electrons. The lowest BCUT2D eigenvalue weighted by Gasteiger charge is -2.02. The molecule has 4 N–H and O–H groups in total. The lowest BCUT2D eigenvalue weighted by atomic mass is 10.1. The summed E-state index contributed by atoms with van der Waals surface area (Å²) in [6.07, 6.45) is 5.51. The van der Waals surface area contributed by atoms with Gasteiger partial charge in [0.2, 0.25) is 5.91 Å². The standard InChI is InChI=1S/C13H20N2O2.C2H6/c14-12-9-7-11(8-10-12)5-3-1-2-4-6-13(16)15-17;1-2/h7-10,17H,1-6,14H2,(H,15,16);1-2H3. The van der Waals surface area contributed by atoms with Gasteiger partial charge in [-0.15, -0.1) is 0 Å². The fraction of sp³-hybridized carbons (Fsp3) is 0.533. The van der Waals surface area contributed by atoms with Crippen LogP contribution in [-0.4, -0.2) is 11.1 Å². The predicted molar refractivity (Wildman–Crippen MR) is 78.9 cm³/mol. The lowest BCUT2D eigenvalue weighted by Crippen LogP contribution is -2.17. The summed E-state index contributed by atoms with van der Waals surface area (Å²) in [6.45, 7) is 4.00. The van der Waals surface area contributed by atoms with Crippen LogP contribution < -0.4 is 11.2 Å². The maximum atomic E-state index is 10.7. The van der Waals surface area contributed by atoms with Crippen molar-refractivity contribution < 1.29 is 10.0 Å². The van der Waals surface area contributed by atoms with Crippen LogP contribution in [0.25, 0.3) is 0 Å². The molecule has 0 spiro atoms. The van der Waals surface area contributed by atoms with E-state index in [1.165, 1.54) is 5.56 Å². The number of aryl methyl sites for hydroxylation is 1. The number of anilines is 1. The zero-order chi connectivity index (χ0) is 14.5. The first-order chi connectivity index (χ1) is 9.22. The molecular weight excluding hydrogens is 240 g/mol. The summed E-state index contributed by atoms with van der Waals surface area (Å²) in [4.78, 5) is 10.7. The Hall–Kier alpha value is -1.55. The molecule has 0 heterocycles. The van der Waals surface area contributed by atoms with Crippen LogP contribution in [0.3, 0.4) is 0 Å². The number of benzene rings is 1. The van der Waals surface area contributed by atoms with Crippen LogP contribution >= 0.6 is 0 Å². The van der Waals surface area contributed by atoms with Crippen molar-refractivity contribution in [2.45, 2.75) is 52.4 Å². The Bertz CT molecular complexity index is 337. The average Bonchev–Trinajstić information content (AvgIpc) is 2.46. The molecule has 19 heavy (non-hydrogen) atoms. The monoisotopic (exact) mass is 266 g/mol. The molecule has 0 radical (unpaired) electrons. The molecule has 1 aromatic rings. The van der Waals surface area contributed by atoms with Crippen LogP contribution in [0.15, 0.2) is 24.3 Å². The molecule has 0 aromatic heterocycles. The molecule has 0 atom stereocenters. The van der Waals surface area contributed by atoms with Crippen molar-refractivity contribution in [3.8, 4) is 0 Å². The topological polar surface area (TPSA) is 75.4 Å². The van der Waals surface area contributed by atoms with Crippen molar-refractivity contribution in [1.29, 1.82) is 0 Å². The number of hydroxylamine groups is 1. The van der Waals surface area contributed by atoms with E-state index in [1.54, 1.807) is 5.48 Å². The first-order valence-corrected chi connectivity index (χ1v) is 6.99. The van der Waals surface area contributed by atoms with E-state index in [1.807, 2.05) is 26.0 Å². The molecule has 1 amide bonds. The number of nitrogens with two attached hydrogens (primary N) is 1. The highest BCUT2D eigenvalue weighted by molar-refractivity contribution is 5.74. The van der Waals surface area contributed by atoms with Crippen molar-refractivity contribution in [3.63, 3.8) is 0 Å². The number of rotatable bonds is 7. The highest BCUT2D eigenvalue weighted by atomic mass is 16.5. The van der Waals surface area contributed by atoms with Crippen LogP contribution in [0.1, 0.15) is 51.5 Å². The van der Waals surface area contributed by atoms with Gasteiger partial charge in [-0.25, -0.2) is 5.48 Å². The maximum Gasteiger partial charge on any atom is 0.243 e. The zero-order valence-electron chi connectivity index (χ0n) is 12.0. The third-order valence-electron chi connectivity index (χ3n) is 2.72. The Balaban J connectivity index is 0.00000154. The van der Waals surface area contributed by atoms with Crippen molar-refractivity contribution >= 4 is 11.6 Å². The molecule has 0 aliphatic carbocycles. The summed E-state index contributed by atoms with van der Waals surface area (Å²) < 4.78 is 0. The maximum absolute atomic E-state index is 10.7. The fourth-order valence-corrected chi connectivity index (χ4v) is 1.71. The van der Waals surface area contributed by atoms with Gasteiger partial charge in [-0.2, -0.15) is 0 Å². The van der Waals surface area contributed by atoms with Crippen molar-refractivity contribution in [2.75, 3.05) is 5.73 Å². The van der Waals surface area contributed by atoms with Crippen LogP contribution in [0.5, 0.6) is 0 Å². The minimum absolute atomic E-state index is 0.302. The van der Waals surface area contributed by atoms with Crippen molar-refractivity contribution in [3.05, 3.63) is 29.8 Å². The van der Waals surface area contributed by atoms with Crippen LogP contribution in [0.4, 0.5) is 5.69 Å². The molecule has 0 saturated carbocycles. The molecule has 0 bridgehead atoms. The van der Waals surface area contributed by atoms with Gasteiger partial charge in [0.25, 0.3) is 0 Å². The van der Waals surface area contributed by atoms with E-state index < -0.39 is 0 Å². The predicted octanol–water partition coefficient (Wildman–Crippen LogP) is 3.29. The van der Waals surface area contributed by atoms with Gasteiger partial charge >= 0.3 is 0 Å². The molecule has 1 rings (SSSR count). The summed E-state index contributed by atoms with van der Waals surface area (Å²) in [5.74, 6) is -0.302. The van der Waals surface area contributed by atoms with Gasteiger partial charge in [0, 0.05) is 12.1 Å². The largest absolute Gasteiger partial charge is 0.399 e. The first-order valence-electron chi connectivity index (χ1n) is 6.99. The second-order valence-electron chi connectivity index (χ2n) is 4.19. The molecule has 1 aromatic carbocycles. The van der Waals surface area contributed by atoms with Gasteiger partial charge in [0.15, 0.2) is 0 Å². The Morgan fingerprint density at radius 2 is 1.68 bits per heavy atom. The third kappa shape index (κ3) is 9.08. The molecule has 0 unspecified atom stereocenters. The smallest absolute Gasteiger partial charge is 0.243 e. The number of nitrogens with one attached hydrogen (secondary N) is 1. The van der Waals surface area contributed by atoms with Gasteiger partial charge < -0.3 is 5.73 Å². The van der Waals surface area contributed by atoms with Gasteiger partial charge in [-0.3, -0.25) is 10.0 Å². The SMILES string of the molecule is CC.Nc1ccc(CCCCCCC(=O)NO)cc1. The third-order valence-corrected chi connectivity index (χ3v) is 2.72. The Morgan fingerprint density at radius 1 is 1.11 bits per heavy atom. The molecule has 0 saturated heterocycles. The molecule has 0 aliphatic heterocycles. The van der Waals surface area contributed by atoms with Gasteiger partial charge in [-0.05, 0) is 37.0 Å². The highest BCUT2D eigenvalue weighted by Gasteiger charge is 1.98. The average molecular weight is 266 g/mol. The number of hydrogen-bond acceptors (Lipinski definition) is 3. The molecule has 0 fully saturated rings. The summed E-state index contributed by atoms with van der Waals surface area (Å²) in [5.41, 5.74) is 9.33. The van der Waals surface area contributed by atoms with Crippen molar-refractivity contribution in [1.82, 2.24) is 5.48 Å². The summed E-state index contributed by atoms with van der Waals surface area (Å²) in [6, 6.07) is 7.94. The van der Waals surface area contributed by atoms with E-state index >= 15 is 0 Å². The molecule has 4 nitrogen and oxygen atoms in total. The lowest BCUT2D eigenvalue weighted by molar-refractivity contribution is -0.129. The number of hydrogen-bond donors (Lipinski definition) is 3. The van der Waals surface area contributed by atoms with E-state index in [4.69, 9.17) is 10.9 Å². The van der Waals surface area contributed by atoms with Gasteiger partial charge in [0.05, 0.1) is 0 Å². The van der Waals surface area contributed by atoms with E-state index in [0.29, 0.717) is 6.42 Å². The summed E-state index contributed by atoms with van der Waals surface area (Å²) >= 11 is 0. The van der Waals surface area contributed by atoms with Crippen LogP contribution in [0.2, 0.25) is 0 Å². The minimum atomic E-state index is -0.302. The summed E-state index contributed by atoms with van der Waals surface area (Å²) in [7, 11) is 0. The Kier molecular flexibility index (Phi) is 10.6. The molecular formula is C15H26N2O2. The second-order valence-corrected chi connectivity index (χ2v) is 4.19. The fourth-order valence-electron chi connectivity index (χ4n) is 1.71. The normalized spacial score (nSPS) is 9.42. The number of carbonyl (C=O) groups excluding carboxylic acids is 1. The quantitative estimate of drug-likeness (QED) is 0.307. The zero-order valence-corrected chi connectivity index (χ0v) is 12.0. The summed E-state index contributed by atoms with van der Waals surface area (Å²) in [5, 5.41) is 8.30. The number of amides is 1. The van der Waals surface area contributed by atoms with E-state index in [0.717, 1.165) is 37.8 Å².